The second-order valence-corrected chi connectivity index (χ2v) is 5.74. The molecule has 0 saturated carbocycles. The fourth-order valence-corrected chi connectivity index (χ4v) is 2.57. The number of nitrogens with two attached hydrogens (primary N) is 1. The number of rotatable bonds is 4. The lowest BCUT2D eigenvalue weighted by atomic mass is 10.2. The summed E-state index contributed by atoms with van der Waals surface area (Å²) in [5.74, 6) is -1.87. The van der Waals surface area contributed by atoms with Gasteiger partial charge in [0.25, 0.3) is 15.9 Å². The van der Waals surface area contributed by atoms with Gasteiger partial charge in [-0.15, -0.1) is 0 Å². The maximum atomic E-state index is 13.3. The van der Waals surface area contributed by atoms with Crippen molar-refractivity contribution in [2.75, 3.05) is 4.72 Å². The van der Waals surface area contributed by atoms with Crippen LogP contribution < -0.4 is 16.0 Å². The number of nitrogens with one attached hydrogen (secondary N) is 2. The van der Waals surface area contributed by atoms with Crippen LogP contribution in [0.2, 0.25) is 0 Å². The molecule has 0 radical (unpaired) electrons. The van der Waals surface area contributed by atoms with Gasteiger partial charge in [0.15, 0.2) is 0 Å². The minimum atomic E-state index is -3.98. The van der Waals surface area contributed by atoms with E-state index in [1.54, 1.807) is 0 Å². The Morgan fingerprint density at radius 3 is 2.52 bits per heavy atom. The number of hydrogen-bond donors (Lipinski definition) is 3. The fourth-order valence-electron chi connectivity index (χ4n) is 1.56. The lowest BCUT2D eigenvalue weighted by molar-refractivity contribution is 0.0996. The van der Waals surface area contributed by atoms with E-state index in [4.69, 9.17) is 5.73 Å². The second kappa shape index (κ2) is 5.37. The monoisotopic (exact) mass is 311 g/mol. The maximum absolute atomic E-state index is 13.3. The van der Waals surface area contributed by atoms with Gasteiger partial charge >= 0.3 is 0 Å². The molecule has 0 atom stereocenters. The summed E-state index contributed by atoms with van der Waals surface area (Å²) in [6.07, 6.45) is 1.02. The molecule has 2 aromatic rings. The number of primary amides is 1. The Morgan fingerprint density at radius 2 is 1.95 bits per heavy atom. The first-order chi connectivity index (χ1) is 9.79. The van der Waals surface area contributed by atoms with Crippen LogP contribution in [0.25, 0.3) is 0 Å². The predicted octanol–water partition coefficient (Wildman–Crippen LogP) is 0.414. The molecule has 0 unspecified atom stereocenters. The average molecular weight is 311 g/mol. The van der Waals surface area contributed by atoms with E-state index in [9.17, 15) is 22.4 Å². The quantitative estimate of drug-likeness (QED) is 0.757. The molecule has 7 nitrogen and oxygen atoms in total. The first kappa shape index (κ1) is 14.7. The fraction of sp³-hybridized carbons (Fsp3) is 0. The number of hydrogen-bond acceptors (Lipinski definition) is 4. The molecule has 0 bridgehead atoms. The molecule has 2 rings (SSSR count). The third-order valence-corrected chi connectivity index (χ3v) is 3.93. The van der Waals surface area contributed by atoms with Gasteiger partial charge in [0.2, 0.25) is 5.56 Å². The Bertz CT molecular complexity index is 841. The molecule has 0 aliphatic rings. The smallest absolute Gasteiger partial charge is 0.263 e. The molecular formula is C12H10FN3O4S. The number of carbonyl (C=O) groups is 1. The van der Waals surface area contributed by atoms with Crippen molar-refractivity contribution >= 4 is 21.6 Å². The first-order valence-corrected chi connectivity index (χ1v) is 7.09. The van der Waals surface area contributed by atoms with E-state index in [1.165, 1.54) is 0 Å². The molecule has 0 saturated heterocycles. The minimum absolute atomic E-state index is 0.0311. The number of pyridine rings is 1. The highest BCUT2D eigenvalue weighted by Gasteiger charge is 2.16. The molecule has 9 heteroatoms. The zero-order chi connectivity index (χ0) is 15.6. The van der Waals surface area contributed by atoms with Gasteiger partial charge < -0.3 is 10.7 Å². The van der Waals surface area contributed by atoms with E-state index in [0.29, 0.717) is 0 Å². The summed E-state index contributed by atoms with van der Waals surface area (Å²) < 4.78 is 39.5. The van der Waals surface area contributed by atoms with E-state index >= 15 is 0 Å². The zero-order valence-electron chi connectivity index (χ0n) is 10.5. The lowest BCUT2D eigenvalue weighted by Crippen LogP contribution is -2.17. The molecular weight excluding hydrogens is 301 g/mol. The molecule has 1 amide bonds. The molecule has 21 heavy (non-hydrogen) atoms. The van der Waals surface area contributed by atoms with Crippen LogP contribution in [0.15, 0.2) is 46.2 Å². The zero-order valence-corrected chi connectivity index (χ0v) is 11.3. The Labute approximate surface area is 118 Å². The number of amides is 1. The van der Waals surface area contributed by atoms with Gasteiger partial charge in [-0.3, -0.25) is 14.3 Å². The van der Waals surface area contributed by atoms with Gasteiger partial charge in [0.05, 0.1) is 5.56 Å². The molecule has 0 aliphatic carbocycles. The van der Waals surface area contributed by atoms with Crippen molar-refractivity contribution in [3.8, 4) is 0 Å². The van der Waals surface area contributed by atoms with Gasteiger partial charge in [-0.2, -0.15) is 0 Å². The third-order valence-electron chi connectivity index (χ3n) is 2.55. The van der Waals surface area contributed by atoms with Crippen molar-refractivity contribution in [1.82, 2.24) is 4.98 Å². The molecule has 110 valence electrons. The summed E-state index contributed by atoms with van der Waals surface area (Å²) in [6.45, 7) is 0. The highest BCUT2D eigenvalue weighted by molar-refractivity contribution is 7.92. The van der Waals surface area contributed by atoms with Gasteiger partial charge in [-0.1, -0.05) is 0 Å². The largest absolute Gasteiger partial charge is 0.366 e. The normalized spacial score (nSPS) is 11.1. The highest BCUT2D eigenvalue weighted by Crippen LogP contribution is 2.18. The van der Waals surface area contributed by atoms with Crippen LogP contribution in [0, 0.1) is 5.82 Å². The first-order valence-electron chi connectivity index (χ1n) is 5.60. The molecule has 1 aromatic heterocycles. The summed E-state index contributed by atoms with van der Waals surface area (Å²) in [7, 11) is -3.98. The van der Waals surface area contributed by atoms with E-state index in [0.717, 1.165) is 36.5 Å². The van der Waals surface area contributed by atoms with Gasteiger partial charge in [0.1, 0.15) is 10.7 Å². The number of anilines is 1. The number of carbonyl (C=O) groups excluding carboxylic acids is 1. The number of aromatic nitrogens is 1. The Morgan fingerprint density at radius 1 is 1.24 bits per heavy atom. The van der Waals surface area contributed by atoms with E-state index in [-0.39, 0.29) is 10.6 Å². The van der Waals surface area contributed by atoms with Gasteiger partial charge in [0, 0.05) is 18.0 Å². The van der Waals surface area contributed by atoms with Crippen molar-refractivity contribution in [2.45, 2.75) is 4.90 Å². The molecule has 0 spiro atoms. The number of halogens is 1. The number of benzene rings is 1. The van der Waals surface area contributed by atoms with Crippen LogP contribution in [0.1, 0.15) is 10.4 Å². The summed E-state index contributed by atoms with van der Waals surface area (Å²) in [6, 6.07) is 5.21. The average Bonchev–Trinajstić information content (AvgIpc) is 2.41. The number of aromatic amines is 1. The van der Waals surface area contributed by atoms with Crippen molar-refractivity contribution in [3.63, 3.8) is 0 Å². The van der Waals surface area contributed by atoms with Gasteiger partial charge in [-0.05, 0) is 24.3 Å². The van der Waals surface area contributed by atoms with E-state index in [1.807, 2.05) is 0 Å². The van der Waals surface area contributed by atoms with E-state index < -0.39 is 32.9 Å². The van der Waals surface area contributed by atoms with Crippen LogP contribution in [-0.4, -0.2) is 19.3 Å². The molecule has 1 heterocycles. The second-order valence-electron chi connectivity index (χ2n) is 4.05. The van der Waals surface area contributed by atoms with Crippen LogP contribution in [0.5, 0.6) is 0 Å². The topological polar surface area (TPSA) is 122 Å². The number of H-pyrrole nitrogens is 1. The van der Waals surface area contributed by atoms with Crippen molar-refractivity contribution in [1.29, 1.82) is 0 Å². The van der Waals surface area contributed by atoms with Crippen LogP contribution >= 0.6 is 0 Å². The van der Waals surface area contributed by atoms with Crippen molar-refractivity contribution in [2.24, 2.45) is 5.73 Å². The SMILES string of the molecule is NC(=O)c1cc(NS(=O)(=O)c2ccc(=O)[nH]c2)ccc1F. The molecule has 4 N–H and O–H groups in total. The lowest BCUT2D eigenvalue weighted by Gasteiger charge is -2.09. The maximum Gasteiger partial charge on any atom is 0.263 e. The minimum Gasteiger partial charge on any atom is -0.366 e. The number of sulfonamides is 1. The summed E-state index contributed by atoms with van der Waals surface area (Å²) in [5.41, 5.74) is 4.06. The summed E-state index contributed by atoms with van der Waals surface area (Å²) >= 11 is 0. The van der Waals surface area contributed by atoms with Crippen LogP contribution in [-0.2, 0) is 10.0 Å². The predicted molar refractivity (Wildman–Crippen MR) is 72.8 cm³/mol. The molecule has 0 aliphatic heterocycles. The van der Waals surface area contributed by atoms with Crippen LogP contribution in [0.4, 0.5) is 10.1 Å². The molecule has 1 aromatic carbocycles. The highest BCUT2D eigenvalue weighted by atomic mass is 32.2. The summed E-state index contributed by atoms with van der Waals surface area (Å²) in [4.78, 5) is 23.9. The van der Waals surface area contributed by atoms with Gasteiger partial charge in [-0.25, -0.2) is 12.8 Å². The van der Waals surface area contributed by atoms with Crippen molar-refractivity contribution in [3.05, 3.63) is 58.3 Å². The Hall–Kier alpha value is -2.68. The standard InChI is InChI=1S/C12H10FN3O4S/c13-10-3-1-7(5-9(10)12(14)18)16-21(19,20)8-2-4-11(17)15-6-8/h1-6,16H,(H2,14,18)(H,15,17). The van der Waals surface area contributed by atoms with Crippen molar-refractivity contribution < 1.29 is 17.6 Å². The molecule has 0 fully saturated rings. The Kier molecular flexibility index (Phi) is 3.76. The third kappa shape index (κ3) is 3.26. The Balaban J connectivity index is 2.37. The van der Waals surface area contributed by atoms with Crippen LogP contribution in [0.3, 0.4) is 0 Å². The summed E-state index contributed by atoms with van der Waals surface area (Å²) in [5, 5.41) is 0. The van der Waals surface area contributed by atoms with E-state index in [2.05, 4.69) is 9.71 Å².